The van der Waals surface area contributed by atoms with Crippen LogP contribution in [0, 0.1) is 5.92 Å². The van der Waals surface area contributed by atoms with Gasteiger partial charge in [0.25, 0.3) is 0 Å². The number of aliphatic hydroxyl groups excluding tert-OH is 1. The van der Waals surface area contributed by atoms with Crippen LogP contribution in [0.3, 0.4) is 0 Å². The zero-order valence-corrected chi connectivity index (χ0v) is 11.8. The molecule has 0 saturated heterocycles. The topological polar surface area (TPSA) is 50.9 Å². The lowest BCUT2D eigenvalue weighted by atomic mass is 9.98. The number of hydrogen-bond acceptors (Lipinski definition) is 3. The molecule has 2 aromatic rings. The molecule has 1 aliphatic rings. The molecule has 1 N–H and O–H groups in total. The first-order chi connectivity index (χ1) is 10.5. The summed E-state index contributed by atoms with van der Waals surface area (Å²) in [6, 6.07) is 5.13. The minimum absolute atomic E-state index is 0.140. The van der Waals surface area contributed by atoms with E-state index in [0.29, 0.717) is 12.8 Å². The first-order valence-corrected chi connectivity index (χ1v) is 7.15. The van der Waals surface area contributed by atoms with Crippen molar-refractivity contribution in [1.82, 2.24) is 14.8 Å². The summed E-state index contributed by atoms with van der Waals surface area (Å²) in [6.45, 7) is 0.880. The molecule has 3 rings (SSSR count). The Kier molecular flexibility index (Phi) is 3.90. The van der Waals surface area contributed by atoms with Crippen molar-refractivity contribution in [2.24, 2.45) is 5.92 Å². The Morgan fingerprint density at radius 2 is 1.91 bits per heavy atom. The van der Waals surface area contributed by atoms with E-state index in [9.17, 15) is 18.3 Å². The predicted octanol–water partition coefficient (Wildman–Crippen LogP) is 2.44. The number of benzene rings is 1. The molecule has 0 radical (unpaired) electrons. The molecule has 2 heterocycles. The van der Waals surface area contributed by atoms with Gasteiger partial charge in [-0.3, -0.25) is 0 Å². The Morgan fingerprint density at radius 3 is 2.55 bits per heavy atom. The molecular weight excluding hydrogens is 295 g/mol. The summed E-state index contributed by atoms with van der Waals surface area (Å²) in [4.78, 5) is 0. The van der Waals surface area contributed by atoms with Crippen LogP contribution in [0.15, 0.2) is 24.3 Å². The molecule has 7 heteroatoms. The molecule has 0 aliphatic carbocycles. The maximum Gasteiger partial charge on any atom is 0.416 e. The zero-order valence-electron chi connectivity index (χ0n) is 11.8. The zero-order chi connectivity index (χ0) is 15.7. The van der Waals surface area contributed by atoms with Gasteiger partial charge in [-0.25, -0.2) is 0 Å². The number of halogens is 3. The molecule has 0 bridgehead atoms. The fourth-order valence-corrected chi connectivity index (χ4v) is 2.73. The highest BCUT2D eigenvalue weighted by molar-refractivity contribution is 5.26. The minimum atomic E-state index is -4.31. The molecule has 4 nitrogen and oxygen atoms in total. The van der Waals surface area contributed by atoms with Crippen molar-refractivity contribution >= 4 is 0 Å². The lowest BCUT2D eigenvalue weighted by Gasteiger charge is -2.21. The van der Waals surface area contributed by atoms with E-state index in [0.717, 1.165) is 42.3 Å². The van der Waals surface area contributed by atoms with Crippen LogP contribution in [-0.2, 0) is 25.6 Å². The van der Waals surface area contributed by atoms with E-state index in [-0.39, 0.29) is 12.5 Å². The first-order valence-electron chi connectivity index (χ1n) is 7.15. The summed E-state index contributed by atoms with van der Waals surface area (Å²) in [5, 5.41) is 17.5. The molecule has 22 heavy (non-hydrogen) atoms. The number of nitrogens with zero attached hydrogens (tertiary/aromatic N) is 3. The molecule has 1 atom stereocenters. The molecule has 0 amide bonds. The van der Waals surface area contributed by atoms with Gasteiger partial charge in [0.2, 0.25) is 0 Å². The van der Waals surface area contributed by atoms with E-state index in [1.165, 1.54) is 12.1 Å². The van der Waals surface area contributed by atoms with Crippen LogP contribution in [0.2, 0.25) is 0 Å². The summed E-state index contributed by atoms with van der Waals surface area (Å²) in [5.74, 6) is 1.81. The van der Waals surface area contributed by atoms with Gasteiger partial charge in [-0.1, -0.05) is 12.1 Å². The van der Waals surface area contributed by atoms with Crippen LogP contribution >= 0.6 is 0 Å². The normalized spacial score (nSPS) is 18.3. The first kappa shape index (κ1) is 15.0. The second kappa shape index (κ2) is 5.72. The van der Waals surface area contributed by atoms with Gasteiger partial charge in [0.1, 0.15) is 11.6 Å². The van der Waals surface area contributed by atoms with E-state index in [1.807, 2.05) is 4.57 Å². The summed E-state index contributed by atoms with van der Waals surface area (Å²) < 4.78 is 39.6. The Balaban J connectivity index is 1.76. The Hall–Kier alpha value is -1.89. The van der Waals surface area contributed by atoms with Crippen molar-refractivity contribution in [3.63, 3.8) is 0 Å². The van der Waals surface area contributed by atoms with Gasteiger partial charge < -0.3 is 9.67 Å². The summed E-state index contributed by atoms with van der Waals surface area (Å²) in [5.41, 5.74) is 0.123. The van der Waals surface area contributed by atoms with Crippen LogP contribution in [-0.4, -0.2) is 26.5 Å². The van der Waals surface area contributed by atoms with E-state index in [2.05, 4.69) is 10.2 Å². The molecule has 118 valence electrons. The van der Waals surface area contributed by atoms with Gasteiger partial charge in [0.15, 0.2) is 0 Å². The van der Waals surface area contributed by atoms with Crippen molar-refractivity contribution in [2.45, 2.75) is 32.0 Å². The molecule has 1 aliphatic heterocycles. The van der Waals surface area contributed by atoms with E-state index < -0.39 is 11.7 Å². The SMILES string of the molecule is OCC1CCn2c(Cc3ccc(C(F)(F)F)cc3)nnc2C1. The number of alkyl halides is 3. The van der Waals surface area contributed by atoms with Crippen LogP contribution in [0.25, 0.3) is 0 Å². The highest BCUT2D eigenvalue weighted by Gasteiger charge is 2.30. The van der Waals surface area contributed by atoms with Gasteiger partial charge in [-0.05, 0) is 30.0 Å². The average molecular weight is 311 g/mol. The van der Waals surface area contributed by atoms with Gasteiger partial charge in [0.05, 0.1) is 5.56 Å². The molecule has 0 spiro atoms. The number of rotatable bonds is 3. The van der Waals surface area contributed by atoms with E-state index in [4.69, 9.17) is 0 Å². The summed E-state index contributed by atoms with van der Waals surface area (Å²) >= 11 is 0. The van der Waals surface area contributed by atoms with Crippen molar-refractivity contribution in [3.05, 3.63) is 47.0 Å². The Labute approximate surface area is 125 Å². The van der Waals surface area contributed by atoms with Crippen LogP contribution in [0.4, 0.5) is 13.2 Å². The molecular formula is C15H16F3N3O. The minimum Gasteiger partial charge on any atom is -0.396 e. The third-order valence-electron chi connectivity index (χ3n) is 4.04. The lowest BCUT2D eigenvalue weighted by molar-refractivity contribution is -0.137. The standard InChI is InChI=1S/C15H16F3N3O/c16-15(17,18)12-3-1-10(2-4-12)7-13-19-20-14-8-11(9-22)5-6-21(13)14/h1-4,11,22H,5-9H2. The maximum absolute atomic E-state index is 12.5. The highest BCUT2D eigenvalue weighted by Crippen LogP contribution is 2.29. The van der Waals surface area contributed by atoms with Crippen molar-refractivity contribution in [3.8, 4) is 0 Å². The Bertz CT molecular complexity index is 649. The van der Waals surface area contributed by atoms with Crippen LogP contribution in [0.1, 0.15) is 29.2 Å². The number of aliphatic hydroxyl groups is 1. The van der Waals surface area contributed by atoms with Gasteiger partial charge >= 0.3 is 6.18 Å². The van der Waals surface area contributed by atoms with Crippen molar-refractivity contribution in [2.75, 3.05) is 6.61 Å². The summed E-state index contributed by atoms with van der Waals surface area (Å²) in [7, 11) is 0. The predicted molar refractivity (Wildman–Crippen MR) is 73.2 cm³/mol. The van der Waals surface area contributed by atoms with Crippen molar-refractivity contribution < 1.29 is 18.3 Å². The lowest BCUT2D eigenvalue weighted by Crippen LogP contribution is -2.23. The molecule has 1 unspecified atom stereocenters. The maximum atomic E-state index is 12.5. The second-order valence-corrected chi connectivity index (χ2v) is 5.60. The molecule has 0 fully saturated rings. The quantitative estimate of drug-likeness (QED) is 0.947. The third kappa shape index (κ3) is 2.99. The molecule has 1 aromatic carbocycles. The van der Waals surface area contributed by atoms with Crippen LogP contribution < -0.4 is 0 Å². The number of aromatic nitrogens is 3. The summed E-state index contributed by atoms with van der Waals surface area (Å²) in [6.07, 6.45) is -2.31. The second-order valence-electron chi connectivity index (χ2n) is 5.60. The van der Waals surface area contributed by atoms with Crippen molar-refractivity contribution in [1.29, 1.82) is 0 Å². The van der Waals surface area contributed by atoms with Gasteiger partial charge in [0, 0.05) is 26.0 Å². The average Bonchev–Trinajstić information content (AvgIpc) is 2.89. The largest absolute Gasteiger partial charge is 0.416 e. The van der Waals surface area contributed by atoms with Gasteiger partial charge in [-0.2, -0.15) is 13.2 Å². The van der Waals surface area contributed by atoms with E-state index in [1.54, 1.807) is 0 Å². The monoisotopic (exact) mass is 311 g/mol. The molecule has 1 aromatic heterocycles. The van der Waals surface area contributed by atoms with Gasteiger partial charge in [-0.15, -0.1) is 10.2 Å². The fraction of sp³-hybridized carbons (Fsp3) is 0.467. The number of fused-ring (bicyclic) bond motifs is 1. The van der Waals surface area contributed by atoms with Crippen LogP contribution in [0.5, 0.6) is 0 Å². The highest BCUT2D eigenvalue weighted by atomic mass is 19.4. The molecule has 0 saturated carbocycles. The smallest absolute Gasteiger partial charge is 0.396 e. The van der Waals surface area contributed by atoms with E-state index >= 15 is 0 Å². The fourth-order valence-electron chi connectivity index (χ4n) is 2.73. The Morgan fingerprint density at radius 1 is 1.18 bits per heavy atom. The number of hydrogen-bond donors (Lipinski definition) is 1. The third-order valence-corrected chi connectivity index (χ3v) is 4.04.